The second-order valence-electron chi connectivity index (χ2n) is 5.66. The molecule has 0 spiro atoms. The number of carbonyl (C=O) groups excluding carboxylic acids is 1. The molecule has 0 saturated heterocycles. The van der Waals surface area contributed by atoms with E-state index in [0.717, 1.165) is 22.0 Å². The van der Waals surface area contributed by atoms with Crippen molar-refractivity contribution in [1.29, 1.82) is 5.26 Å². The van der Waals surface area contributed by atoms with Crippen molar-refractivity contribution in [2.45, 2.75) is 26.2 Å². The lowest BCUT2D eigenvalue weighted by atomic mass is 9.86. The Morgan fingerprint density at radius 2 is 2.14 bits per heavy atom. The number of H-pyrrole nitrogens is 1. The van der Waals surface area contributed by atoms with E-state index in [9.17, 15) is 4.79 Å². The molecule has 0 bridgehead atoms. The average molecular weight is 347 g/mol. The van der Waals surface area contributed by atoms with Gasteiger partial charge in [-0.05, 0) is 39.5 Å². The van der Waals surface area contributed by atoms with E-state index in [1.165, 1.54) is 0 Å². The molecule has 0 unspecified atom stereocenters. The van der Waals surface area contributed by atoms with Crippen LogP contribution in [0.2, 0.25) is 0 Å². The zero-order valence-corrected chi connectivity index (χ0v) is 13.6. The molecule has 0 fully saturated rings. The fourth-order valence-electron chi connectivity index (χ4n) is 2.10. The molecule has 5 nitrogen and oxygen atoms in total. The predicted molar refractivity (Wildman–Crippen MR) is 84.8 cm³/mol. The van der Waals surface area contributed by atoms with Crippen molar-refractivity contribution in [3.63, 3.8) is 0 Å². The van der Waals surface area contributed by atoms with E-state index < -0.39 is 0 Å². The van der Waals surface area contributed by atoms with Gasteiger partial charge in [0.15, 0.2) is 12.1 Å². The van der Waals surface area contributed by atoms with Gasteiger partial charge in [-0.1, -0.05) is 20.8 Å². The first-order valence-corrected chi connectivity index (χ1v) is 7.17. The molecule has 1 aromatic carbocycles. The molecule has 0 aliphatic rings. The Kier molecular flexibility index (Phi) is 4.14. The van der Waals surface area contributed by atoms with Crippen LogP contribution in [0.25, 0.3) is 0 Å². The van der Waals surface area contributed by atoms with E-state index in [1.807, 2.05) is 20.8 Å². The van der Waals surface area contributed by atoms with Crippen LogP contribution in [-0.2, 0) is 5.41 Å². The number of nitrogens with zero attached hydrogens (tertiary/aromatic N) is 2. The molecule has 6 heteroatoms. The molecule has 0 atom stereocenters. The van der Waals surface area contributed by atoms with Crippen LogP contribution in [0.15, 0.2) is 22.7 Å². The molecule has 21 heavy (non-hydrogen) atoms. The fourth-order valence-corrected chi connectivity index (χ4v) is 2.58. The quantitative estimate of drug-likeness (QED) is 0.825. The van der Waals surface area contributed by atoms with Crippen molar-refractivity contribution in [1.82, 2.24) is 10.2 Å². The molecule has 1 aromatic heterocycles. The molecule has 1 heterocycles. The van der Waals surface area contributed by atoms with E-state index in [4.69, 9.17) is 5.26 Å². The van der Waals surface area contributed by atoms with Crippen LogP contribution in [0.4, 0.5) is 11.5 Å². The number of benzene rings is 1. The highest BCUT2D eigenvalue weighted by Crippen LogP contribution is 2.34. The minimum absolute atomic E-state index is 0.232. The summed E-state index contributed by atoms with van der Waals surface area (Å²) in [5, 5.41) is 19.0. The molecular formula is C15H15BrN4O. The summed E-state index contributed by atoms with van der Waals surface area (Å²) in [6.45, 7) is 6.05. The molecule has 0 amide bonds. The predicted octanol–water partition coefficient (Wildman–Crippen LogP) is 3.90. The van der Waals surface area contributed by atoms with Crippen LogP contribution < -0.4 is 5.32 Å². The van der Waals surface area contributed by atoms with Crippen molar-refractivity contribution in [3.05, 3.63) is 39.5 Å². The number of aromatic amines is 1. The van der Waals surface area contributed by atoms with Crippen molar-refractivity contribution in [2.75, 3.05) is 5.32 Å². The van der Waals surface area contributed by atoms with E-state index in [0.29, 0.717) is 17.1 Å². The summed E-state index contributed by atoms with van der Waals surface area (Å²) < 4.78 is 0.761. The minimum Gasteiger partial charge on any atom is -0.338 e. The largest absolute Gasteiger partial charge is 0.338 e. The Hall–Kier alpha value is -2.13. The van der Waals surface area contributed by atoms with Gasteiger partial charge in [0.05, 0.1) is 17.3 Å². The van der Waals surface area contributed by atoms with Crippen molar-refractivity contribution in [2.24, 2.45) is 0 Å². The first kappa shape index (κ1) is 15.3. The van der Waals surface area contributed by atoms with E-state index >= 15 is 0 Å². The van der Waals surface area contributed by atoms with Gasteiger partial charge in [-0.15, -0.1) is 0 Å². The number of anilines is 2. The van der Waals surface area contributed by atoms with Gasteiger partial charge < -0.3 is 5.32 Å². The van der Waals surface area contributed by atoms with Gasteiger partial charge in [0.25, 0.3) is 0 Å². The SMILES string of the molecule is CC(C)(C)c1c(Nc2ccc(C#N)cc2Br)n[nH]c1C=O. The third-order valence-electron chi connectivity index (χ3n) is 3.01. The second kappa shape index (κ2) is 5.70. The summed E-state index contributed by atoms with van der Waals surface area (Å²) in [5.41, 5.74) is 2.41. The molecule has 0 aliphatic carbocycles. The van der Waals surface area contributed by atoms with Gasteiger partial charge in [0, 0.05) is 10.0 Å². The third-order valence-corrected chi connectivity index (χ3v) is 3.67. The lowest BCUT2D eigenvalue weighted by molar-refractivity contribution is 0.111. The normalized spacial score (nSPS) is 11.0. The Bertz CT molecular complexity index is 722. The van der Waals surface area contributed by atoms with Crippen LogP contribution in [0, 0.1) is 11.3 Å². The highest BCUT2D eigenvalue weighted by molar-refractivity contribution is 9.10. The Morgan fingerprint density at radius 3 is 2.67 bits per heavy atom. The third kappa shape index (κ3) is 3.14. The van der Waals surface area contributed by atoms with E-state index in [2.05, 4.69) is 37.5 Å². The number of rotatable bonds is 3. The number of nitrogens with one attached hydrogen (secondary N) is 2. The first-order chi connectivity index (χ1) is 9.86. The summed E-state index contributed by atoms with van der Waals surface area (Å²) in [6, 6.07) is 7.33. The topological polar surface area (TPSA) is 81.6 Å². The van der Waals surface area contributed by atoms with Crippen LogP contribution in [0.1, 0.15) is 42.4 Å². The van der Waals surface area contributed by atoms with Gasteiger partial charge in [-0.3, -0.25) is 9.89 Å². The Morgan fingerprint density at radius 1 is 1.43 bits per heavy atom. The zero-order chi connectivity index (χ0) is 15.6. The van der Waals surface area contributed by atoms with Crippen LogP contribution in [0.5, 0.6) is 0 Å². The van der Waals surface area contributed by atoms with Gasteiger partial charge in [0.1, 0.15) is 5.69 Å². The van der Waals surface area contributed by atoms with Crippen LogP contribution in [-0.4, -0.2) is 16.5 Å². The molecular weight excluding hydrogens is 332 g/mol. The summed E-state index contributed by atoms with van der Waals surface area (Å²) in [4.78, 5) is 11.1. The molecule has 2 aromatic rings. The lowest BCUT2D eigenvalue weighted by Crippen LogP contribution is -2.15. The number of aromatic nitrogens is 2. The smallest absolute Gasteiger partial charge is 0.168 e. The summed E-state index contributed by atoms with van der Waals surface area (Å²) in [6.07, 6.45) is 0.770. The number of hydrogen-bond donors (Lipinski definition) is 2. The minimum atomic E-state index is -0.232. The monoisotopic (exact) mass is 346 g/mol. The summed E-state index contributed by atoms with van der Waals surface area (Å²) >= 11 is 3.42. The van der Waals surface area contributed by atoms with E-state index in [1.54, 1.807) is 18.2 Å². The molecule has 108 valence electrons. The second-order valence-corrected chi connectivity index (χ2v) is 6.51. The molecule has 2 rings (SSSR count). The molecule has 0 saturated carbocycles. The van der Waals surface area contributed by atoms with Crippen molar-refractivity contribution in [3.8, 4) is 6.07 Å². The van der Waals surface area contributed by atoms with Crippen LogP contribution in [0.3, 0.4) is 0 Å². The zero-order valence-electron chi connectivity index (χ0n) is 12.0. The van der Waals surface area contributed by atoms with E-state index in [-0.39, 0.29) is 5.41 Å². The Balaban J connectivity index is 2.44. The average Bonchev–Trinajstić information content (AvgIpc) is 2.84. The maximum Gasteiger partial charge on any atom is 0.168 e. The number of nitriles is 1. The molecule has 0 aliphatic heterocycles. The standard InChI is InChI=1S/C15H15BrN4O/c1-15(2,3)13-12(8-21)19-20-14(13)18-11-5-4-9(7-17)6-10(11)16/h4-6,8H,1-3H3,(H2,18,19,20). The van der Waals surface area contributed by atoms with Crippen molar-refractivity contribution < 1.29 is 4.79 Å². The highest BCUT2D eigenvalue weighted by atomic mass is 79.9. The lowest BCUT2D eigenvalue weighted by Gasteiger charge is -2.20. The first-order valence-electron chi connectivity index (χ1n) is 6.37. The molecule has 0 radical (unpaired) electrons. The Labute approximate surface area is 131 Å². The maximum atomic E-state index is 11.1. The fraction of sp³-hybridized carbons (Fsp3) is 0.267. The van der Waals surface area contributed by atoms with Gasteiger partial charge in [-0.2, -0.15) is 10.4 Å². The van der Waals surface area contributed by atoms with Gasteiger partial charge in [-0.25, -0.2) is 0 Å². The number of aldehydes is 1. The number of hydrogen-bond acceptors (Lipinski definition) is 4. The molecule has 2 N–H and O–H groups in total. The summed E-state index contributed by atoms with van der Waals surface area (Å²) in [7, 11) is 0. The maximum absolute atomic E-state index is 11.1. The van der Waals surface area contributed by atoms with Gasteiger partial charge in [0.2, 0.25) is 0 Å². The number of halogens is 1. The number of carbonyl (C=O) groups is 1. The summed E-state index contributed by atoms with van der Waals surface area (Å²) in [5.74, 6) is 0.606. The highest BCUT2D eigenvalue weighted by Gasteiger charge is 2.25. The van der Waals surface area contributed by atoms with Gasteiger partial charge >= 0.3 is 0 Å². The van der Waals surface area contributed by atoms with Crippen molar-refractivity contribution >= 4 is 33.7 Å². The van der Waals surface area contributed by atoms with Crippen LogP contribution >= 0.6 is 15.9 Å².